The molecule has 3 aromatic rings. The van der Waals surface area contributed by atoms with E-state index in [0.717, 1.165) is 11.2 Å². The molecular weight excluding hydrogens is 500 g/mol. The molecule has 8 heteroatoms. The van der Waals surface area contributed by atoms with Crippen molar-refractivity contribution in [1.82, 2.24) is 9.55 Å². The monoisotopic (exact) mass is 506 g/mol. The number of benzene rings is 2. The molecule has 0 saturated heterocycles. The minimum absolute atomic E-state index is 0.0504. The van der Waals surface area contributed by atoms with Gasteiger partial charge in [0.15, 0.2) is 0 Å². The lowest BCUT2D eigenvalue weighted by Gasteiger charge is -2.15. The van der Waals surface area contributed by atoms with Gasteiger partial charge in [-0.2, -0.15) is 0 Å². The summed E-state index contributed by atoms with van der Waals surface area (Å²) in [7, 11) is -3.82. The molecule has 0 bridgehead atoms. The molecule has 1 aromatic heterocycles. The molecule has 114 valence electrons. The second kappa shape index (κ2) is 5.74. The van der Waals surface area contributed by atoms with Crippen molar-refractivity contribution in [3.63, 3.8) is 0 Å². The van der Waals surface area contributed by atoms with E-state index in [4.69, 9.17) is 0 Å². The quantitative estimate of drug-likeness (QED) is 0.476. The number of imidazole rings is 1. The van der Waals surface area contributed by atoms with Crippen LogP contribution in [-0.2, 0) is 9.84 Å². The fourth-order valence-electron chi connectivity index (χ4n) is 2.11. The summed E-state index contributed by atoms with van der Waals surface area (Å²) in [6, 6.07) is 16.6. The maximum atomic E-state index is 12.8. The van der Waals surface area contributed by atoms with Crippen LogP contribution in [0.4, 0.5) is 0 Å². The van der Waals surface area contributed by atoms with E-state index in [-0.39, 0.29) is 5.16 Å². The summed E-state index contributed by atoms with van der Waals surface area (Å²) in [6.45, 7) is 0. The average molecular weight is 509 g/mol. The van der Waals surface area contributed by atoms with E-state index in [2.05, 4.69) is 52.8 Å². The van der Waals surface area contributed by atoms with Gasteiger partial charge in [-0.3, -0.25) is 4.57 Å². The topological polar surface area (TPSA) is 52.0 Å². The Bertz CT molecular complexity index is 932. The molecule has 0 N–H and O–H groups in total. The minimum Gasteiger partial charge on any atom is -0.283 e. The predicted octanol–water partition coefficient (Wildman–Crippen LogP) is 4.60. The van der Waals surface area contributed by atoms with E-state index in [1.165, 1.54) is 0 Å². The summed E-state index contributed by atoms with van der Waals surface area (Å²) in [5.74, 6) is 0. The average Bonchev–Trinajstić information content (AvgIpc) is 2.87. The summed E-state index contributed by atoms with van der Waals surface area (Å²) in [4.78, 5) is 4.31. The number of alkyl halides is 3. The van der Waals surface area contributed by atoms with E-state index < -0.39 is 11.3 Å². The Balaban J connectivity index is 2.42. The highest BCUT2D eigenvalue weighted by Gasteiger charge is 2.41. The molecule has 0 fully saturated rings. The maximum absolute atomic E-state index is 12.8. The number of para-hydroxylation sites is 3. The molecule has 3 rings (SSSR count). The number of sulfone groups is 1. The van der Waals surface area contributed by atoms with Gasteiger partial charge in [0, 0.05) is 5.69 Å². The zero-order chi connectivity index (χ0) is 16.0. The molecule has 0 aliphatic heterocycles. The number of hydrogen-bond acceptors (Lipinski definition) is 3. The van der Waals surface area contributed by atoms with Crippen molar-refractivity contribution in [2.24, 2.45) is 0 Å². The Labute approximate surface area is 152 Å². The number of nitrogens with zero attached hydrogens (tertiary/aromatic N) is 2. The van der Waals surface area contributed by atoms with Gasteiger partial charge in [0.2, 0.25) is 16.5 Å². The zero-order valence-corrected chi connectivity index (χ0v) is 16.5. The third-order valence-electron chi connectivity index (χ3n) is 3.09. The van der Waals surface area contributed by atoms with Gasteiger partial charge < -0.3 is 0 Å². The number of fused-ring (bicyclic) bond motifs is 1. The molecule has 2 aromatic carbocycles. The Morgan fingerprint density at radius 1 is 0.909 bits per heavy atom. The first kappa shape index (κ1) is 16.2. The molecule has 0 aliphatic carbocycles. The lowest BCUT2D eigenvalue weighted by Crippen LogP contribution is -2.21. The third kappa shape index (κ3) is 2.66. The van der Waals surface area contributed by atoms with E-state index in [1.807, 2.05) is 48.5 Å². The van der Waals surface area contributed by atoms with E-state index >= 15 is 0 Å². The molecule has 0 aliphatic rings. The van der Waals surface area contributed by atoms with E-state index in [0.29, 0.717) is 5.52 Å². The summed E-state index contributed by atoms with van der Waals surface area (Å²) in [6.07, 6.45) is 0. The molecule has 0 spiro atoms. The van der Waals surface area contributed by atoms with Gasteiger partial charge in [-0.1, -0.05) is 30.3 Å². The molecule has 4 nitrogen and oxygen atoms in total. The van der Waals surface area contributed by atoms with Crippen LogP contribution in [0, 0.1) is 0 Å². The molecule has 0 radical (unpaired) electrons. The second-order valence-electron chi connectivity index (χ2n) is 4.50. The number of halogens is 3. The van der Waals surface area contributed by atoms with Crippen LogP contribution in [0.3, 0.4) is 0 Å². The van der Waals surface area contributed by atoms with Crippen LogP contribution < -0.4 is 0 Å². The fourth-order valence-corrected chi connectivity index (χ4v) is 4.29. The largest absolute Gasteiger partial charge is 0.283 e. The normalized spacial score (nSPS) is 12.7. The molecule has 0 atom stereocenters. The highest BCUT2D eigenvalue weighted by molar-refractivity contribution is 9.42. The fraction of sp³-hybridized carbons (Fsp3) is 0.0714. The highest BCUT2D eigenvalue weighted by atomic mass is 80.0. The molecule has 1 heterocycles. The standard InChI is InChI=1S/C14H9Br3N2O2S/c15-14(16,17)22(20,21)13-18-11-8-4-5-9-12(11)19(13)10-6-2-1-3-7-10/h1-9H. The summed E-state index contributed by atoms with van der Waals surface area (Å²) < 4.78 is 25.7. The lowest BCUT2D eigenvalue weighted by molar-refractivity contribution is 0.588. The van der Waals surface area contributed by atoms with Gasteiger partial charge in [-0.25, -0.2) is 13.4 Å². The minimum atomic E-state index is -3.82. The van der Waals surface area contributed by atoms with Crippen molar-refractivity contribution in [3.05, 3.63) is 54.6 Å². The molecular formula is C14H9Br3N2O2S. The Kier molecular flexibility index (Phi) is 4.22. The van der Waals surface area contributed by atoms with Crippen molar-refractivity contribution < 1.29 is 8.42 Å². The van der Waals surface area contributed by atoms with Crippen LogP contribution in [0.25, 0.3) is 16.7 Å². The molecule has 22 heavy (non-hydrogen) atoms. The smallest absolute Gasteiger partial charge is 0.248 e. The van der Waals surface area contributed by atoms with Crippen LogP contribution in [0.2, 0.25) is 0 Å². The van der Waals surface area contributed by atoms with E-state index in [9.17, 15) is 8.42 Å². The van der Waals surface area contributed by atoms with Crippen LogP contribution in [0.15, 0.2) is 59.8 Å². The summed E-state index contributed by atoms with van der Waals surface area (Å²) >= 11 is 9.28. The number of hydrogen-bond donors (Lipinski definition) is 0. The van der Waals surface area contributed by atoms with Crippen molar-refractivity contribution >= 4 is 68.7 Å². The first-order valence-electron chi connectivity index (χ1n) is 6.16. The third-order valence-corrected chi connectivity index (χ3v) is 8.29. The van der Waals surface area contributed by atoms with Gasteiger partial charge in [-0.05, 0) is 72.1 Å². The Morgan fingerprint density at radius 3 is 2.14 bits per heavy atom. The van der Waals surface area contributed by atoms with Crippen molar-refractivity contribution in [2.45, 2.75) is 6.63 Å². The lowest BCUT2D eigenvalue weighted by atomic mass is 10.3. The first-order chi connectivity index (χ1) is 10.3. The second-order valence-corrected chi connectivity index (χ2v) is 14.8. The SMILES string of the molecule is O=S(=O)(c1nc2ccccc2n1-c1ccccc1)C(Br)(Br)Br. The van der Waals surface area contributed by atoms with Gasteiger partial charge in [0.25, 0.3) is 0 Å². The highest BCUT2D eigenvalue weighted by Crippen LogP contribution is 2.43. The summed E-state index contributed by atoms with van der Waals surface area (Å²) in [5, 5.41) is -0.0504. The van der Waals surface area contributed by atoms with Gasteiger partial charge in [0.1, 0.15) is 0 Å². The van der Waals surface area contributed by atoms with Crippen LogP contribution >= 0.6 is 47.8 Å². The van der Waals surface area contributed by atoms with Crippen molar-refractivity contribution in [3.8, 4) is 5.69 Å². The van der Waals surface area contributed by atoms with Gasteiger partial charge in [-0.15, -0.1) is 0 Å². The predicted molar refractivity (Wildman–Crippen MR) is 97.8 cm³/mol. The van der Waals surface area contributed by atoms with Gasteiger partial charge in [0.05, 0.1) is 11.0 Å². The van der Waals surface area contributed by atoms with Crippen LogP contribution in [-0.4, -0.2) is 19.4 Å². The zero-order valence-electron chi connectivity index (χ0n) is 10.9. The van der Waals surface area contributed by atoms with Crippen molar-refractivity contribution in [2.75, 3.05) is 0 Å². The van der Waals surface area contributed by atoms with E-state index in [1.54, 1.807) is 10.6 Å². The maximum Gasteiger partial charge on any atom is 0.248 e. The van der Waals surface area contributed by atoms with Crippen molar-refractivity contribution in [1.29, 1.82) is 0 Å². The molecule has 0 saturated carbocycles. The summed E-state index contributed by atoms with van der Waals surface area (Å²) in [5.41, 5.74) is 2.07. The number of aromatic nitrogens is 2. The Hall–Kier alpha value is -0.700. The first-order valence-corrected chi connectivity index (χ1v) is 10.0. The number of rotatable bonds is 2. The van der Waals surface area contributed by atoms with Crippen LogP contribution in [0.1, 0.15) is 0 Å². The molecule has 0 unspecified atom stereocenters. The van der Waals surface area contributed by atoms with Gasteiger partial charge >= 0.3 is 0 Å². The Morgan fingerprint density at radius 2 is 1.50 bits per heavy atom. The van der Waals surface area contributed by atoms with Crippen LogP contribution in [0.5, 0.6) is 0 Å². The molecule has 0 amide bonds.